The van der Waals surface area contributed by atoms with Crippen LogP contribution in [-0.2, 0) is 4.79 Å². The molecular formula is C20H23BrN2O4. The molecule has 0 bridgehead atoms. The van der Waals surface area contributed by atoms with Gasteiger partial charge in [-0.2, -0.15) is 0 Å². The van der Waals surface area contributed by atoms with E-state index in [0.29, 0.717) is 23.7 Å². The lowest BCUT2D eigenvalue weighted by Crippen LogP contribution is -2.43. The van der Waals surface area contributed by atoms with Gasteiger partial charge in [-0.25, -0.2) is 0 Å². The Morgan fingerprint density at radius 1 is 1.00 bits per heavy atom. The van der Waals surface area contributed by atoms with Crippen LogP contribution in [0, 0.1) is 6.92 Å². The summed E-state index contributed by atoms with van der Waals surface area (Å²) in [5.41, 5.74) is 6.11. The molecular weight excluding hydrogens is 412 g/mol. The lowest BCUT2D eigenvalue weighted by atomic mass is 10.2. The molecule has 27 heavy (non-hydrogen) atoms. The Hall–Kier alpha value is -2.54. The third-order valence-corrected chi connectivity index (χ3v) is 4.59. The minimum atomic E-state index is -0.455. The van der Waals surface area contributed by atoms with E-state index in [2.05, 4.69) is 33.7 Å². The first kappa shape index (κ1) is 20.8. The molecule has 0 atom stereocenters. The van der Waals surface area contributed by atoms with Gasteiger partial charge in [0.15, 0.2) is 6.61 Å². The van der Waals surface area contributed by atoms with Gasteiger partial charge in [0.2, 0.25) is 0 Å². The number of hydrogen-bond acceptors (Lipinski definition) is 4. The summed E-state index contributed by atoms with van der Waals surface area (Å²) in [6.45, 7) is 4.47. The molecule has 0 aliphatic rings. The van der Waals surface area contributed by atoms with E-state index < -0.39 is 11.8 Å². The summed E-state index contributed by atoms with van der Waals surface area (Å²) >= 11 is 3.40. The number of unbranched alkanes of at least 4 members (excludes halogenated alkanes) is 1. The molecule has 0 unspecified atom stereocenters. The monoisotopic (exact) mass is 434 g/mol. The Bertz CT molecular complexity index is 778. The van der Waals surface area contributed by atoms with E-state index in [1.54, 1.807) is 30.3 Å². The van der Waals surface area contributed by atoms with Crippen molar-refractivity contribution in [2.24, 2.45) is 0 Å². The molecule has 0 aliphatic heterocycles. The fraction of sp³-hybridized carbons (Fsp3) is 0.300. The lowest BCUT2D eigenvalue weighted by molar-refractivity contribution is -0.123. The van der Waals surface area contributed by atoms with Crippen molar-refractivity contribution < 1.29 is 19.1 Å². The van der Waals surface area contributed by atoms with E-state index in [0.717, 1.165) is 22.9 Å². The van der Waals surface area contributed by atoms with Gasteiger partial charge in [0, 0.05) is 10.0 Å². The third kappa shape index (κ3) is 6.94. The molecule has 0 aliphatic carbocycles. The van der Waals surface area contributed by atoms with Crippen LogP contribution >= 0.6 is 15.9 Å². The highest BCUT2D eigenvalue weighted by Crippen LogP contribution is 2.21. The lowest BCUT2D eigenvalue weighted by Gasteiger charge is -2.10. The maximum atomic E-state index is 12.1. The molecule has 2 N–H and O–H groups in total. The van der Waals surface area contributed by atoms with E-state index in [-0.39, 0.29) is 6.61 Å². The van der Waals surface area contributed by atoms with Gasteiger partial charge in [-0.1, -0.05) is 29.3 Å². The van der Waals surface area contributed by atoms with Crippen molar-refractivity contribution in [1.29, 1.82) is 0 Å². The Morgan fingerprint density at radius 2 is 1.70 bits per heavy atom. The van der Waals surface area contributed by atoms with Crippen molar-refractivity contribution in [3.63, 3.8) is 0 Å². The van der Waals surface area contributed by atoms with Gasteiger partial charge in [0.1, 0.15) is 11.5 Å². The zero-order chi connectivity index (χ0) is 19.6. The van der Waals surface area contributed by atoms with Crippen molar-refractivity contribution in [3.05, 3.63) is 58.1 Å². The summed E-state index contributed by atoms with van der Waals surface area (Å²) in [7, 11) is 0. The molecule has 0 spiro atoms. The zero-order valence-electron chi connectivity index (χ0n) is 15.4. The number of aryl methyl sites for hydroxylation is 1. The predicted molar refractivity (Wildman–Crippen MR) is 107 cm³/mol. The fourth-order valence-electron chi connectivity index (χ4n) is 2.13. The van der Waals surface area contributed by atoms with Crippen LogP contribution in [0.5, 0.6) is 11.5 Å². The standard InChI is InChI=1S/C20H23BrN2O4/c1-3-4-11-26-16-7-5-15(6-8-16)20(25)23-22-19(24)13-27-17-9-10-18(21)14(2)12-17/h5-10,12H,3-4,11,13H2,1-2H3,(H,22,24)(H,23,25). The van der Waals surface area contributed by atoms with Crippen LogP contribution in [0.25, 0.3) is 0 Å². The predicted octanol–water partition coefficient (Wildman–Crippen LogP) is 3.78. The summed E-state index contributed by atoms with van der Waals surface area (Å²) in [4.78, 5) is 23.9. The Labute approximate surface area is 167 Å². The second kappa shape index (κ2) is 10.6. The first-order valence-corrected chi connectivity index (χ1v) is 9.50. The van der Waals surface area contributed by atoms with Crippen LogP contribution in [0.4, 0.5) is 0 Å². The SMILES string of the molecule is CCCCOc1ccc(C(=O)NNC(=O)COc2ccc(Br)c(C)c2)cc1. The molecule has 7 heteroatoms. The number of benzene rings is 2. The van der Waals surface area contributed by atoms with Gasteiger partial charge < -0.3 is 9.47 Å². The average molecular weight is 435 g/mol. The number of halogens is 1. The zero-order valence-corrected chi connectivity index (χ0v) is 17.0. The average Bonchev–Trinajstić information content (AvgIpc) is 2.67. The van der Waals surface area contributed by atoms with E-state index >= 15 is 0 Å². The normalized spacial score (nSPS) is 10.2. The molecule has 2 aromatic rings. The quantitative estimate of drug-likeness (QED) is 0.489. The highest BCUT2D eigenvalue weighted by atomic mass is 79.9. The first-order valence-electron chi connectivity index (χ1n) is 8.70. The van der Waals surface area contributed by atoms with E-state index in [1.807, 2.05) is 19.1 Å². The molecule has 2 rings (SSSR count). The highest BCUT2D eigenvalue weighted by Gasteiger charge is 2.08. The fourth-order valence-corrected chi connectivity index (χ4v) is 2.37. The van der Waals surface area contributed by atoms with Gasteiger partial charge in [-0.3, -0.25) is 20.4 Å². The number of ether oxygens (including phenoxy) is 2. The number of hydrogen-bond donors (Lipinski definition) is 2. The summed E-state index contributed by atoms with van der Waals surface area (Å²) < 4.78 is 11.9. The second-order valence-corrected chi connectivity index (χ2v) is 6.78. The van der Waals surface area contributed by atoms with Crippen molar-refractivity contribution in [1.82, 2.24) is 10.9 Å². The van der Waals surface area contributed by atoms with Crippen molar-refractivity contribution in [2.45, 2.75) is 26.7 Å². The van der Waals surface area contributed by atoms with Crippen LogP contribution in [-0.4, -0.2) is 25.0 Å². The van der Waals surface area contributed by atoms with Crippen molar-refractivity contribution in [2.75, 3.05) is 13.2 Å². The number of rotatable bonds is 8. The summed E-state index contributed by atoms with van der Waals surface area (Å²) in [6, 6.07) is 12.2. The molecule has 0 heterocycles. The van der Waals surface area contributed by atoms with Gasteiger partial charge in [-0.05, 0) is 61.4 Å². The van der Waals surface area contributed by atoms with Crippen molar-refractivity contribution in [3.8, 4) is 11.5 Å². The molecule has 0 fully saturated rings. The number of nitrogens with one attached hydrogen (secondary N) is 2. The Morgan fingerprint density at radius 3 is 2.37 bits per heavy atom. The molecule has 0 radical (unpaired) electrons. The number of hydrazine groups is 1. The van der Waals surface area contributed by atoms with E-state index in [9.17, 15) is 9.59 Å². The Balaban J connectivity index is 1.75. The van der Waals surface area contributed by atoms with Gasteiger partial charge in [0.25, 0.3) is 11.8 Å². The molecule has 6 nitrogen and oxygen atoms in total. The summed E-state index contributed by atoms with van der Waals surface area (Å²) in [5, 5.41) is 0. The largest absolute Gasteiger partial charge is 0.494 e. The van der Waals surface area contributed by atoms with Crippen LogP contribution in [0.2, 0.25) is 0 Å². The minimum absolute atomic E-state index is 0.203. The van der Waals surface area contributed by atoms with Crippen LogP contribution < -0.4 is 20.3 Å². The van der Waals surface area contributed by atoms with Crippen molar-refractivity contribution >= 4 is 27.7 Å². The molecule has 0 saturated carbocycles. The summed E-state index contributed by atoms with van der Waals surface area (Å²) in [6.07, 6.45) is 2.04. The molecule has 0 aromatic heterocycles. The maximum absolute atomic E-state index is 12.1. The van der Waals surface area contributed by atoms with Crippen LogP contribution in [0.15, 0.2) is 46.9 Å². The topological polar surface area (TPSA) is 76.7 Å². The highest BCUT2D eigenvalue weighted by molar-refractivity contribution is 9.10. The number of carbonyl (C=O) groups excluding carboxylic acids is 2. The second-order valence-electron chi connectivity index (χ2n) is 5.93. The summed E-state index contributed by atoms with van der Waals surface area (Å²) in [5.74, 6) is 0.421. The van der Waals surface area contributed by atoms with Crippen LogP contribution in [0.3, 0.4) is 0 Å². The van der Waals surface area contributed by atoms with Gasteiger partial charge in [-0.15, -0.1) is 0 Å². The van der Waals surface area contributed by atoms with E-state index in [4.69, 9.17) is 9.47 Å². The Kier molecular flexibility index (Phi) is 8.13. The molecule has 0 saturated heterocycles. The molecule has 2 aromatic carbocycles. The number of carbonyl (C=O) groups is 2. The maximum Gasteiger partial charge on any atom is 0.276 e. The smallest absolute Gasteiger partial charge is 0.276 e. The molecule has 2 amide bonds. The van der Waals surface area contributed by atoms with Gasteiger partial charge >= 0.3 is 0 Å². The van der Waals surface area contributed by atoms with Gasteiger partial charge in [0.05, 0.1) is 6.61 Å². The minimum Gasteiger partial charge on any atom is -0.494 e. The number of amides is 2. The first-order chi connectivity index (χ1) is 13.0. The van der Waals surface area contributed by atoms with Crippen LogP contribution in [0.1, 0.15) is 35.7 Å². The molecule has 144 valence electrons. The van der Waals surface area contributed by atoms with E-state index in [1.165, 1.54) is 0 Å². The third-order valence-electron chi connectivity index (χ3n) is 3.70.